The zero-order valence-corrected chi connectivity index (χ0v) is 15.6. The highest BCUT2D eigenvalue weighted by atomic mass is 16.4. The first-order valence-corrected chi connectivity index (χ1v) is 9.11. The Morgan fingerprint density at radius 1 is 1.39 bits per heavy atom. The van der Waals surface area contributed by atoms with Crippen LogP contribution in [0.2, 0.25) is 0 Å². The molecule has 9 nitrogen and oxygen atoms in total. The second-order valence-electron chi connectivity index (χ2n) is 7.45. The van der Waals surface area contributed by atoms with Gasteiger partial charge in [-0.05, 0) is 38.2 Å². The van der Waals surface area contributed by atoms with E-state index >= 15 is 0 Å². The van der Waals surface area contributed by atoms with Gasteiger partial charge < -0.3 is 15.3 Å². The molecule has 2 aromatic heterocycles. The number of carboxylic acid groups (broad SMARTS) is 1. The fourth-order valence-corrected chi connectivity index (χ4v) is 4.03. The van der Waals surface area contributed by atoms with Gasteiger partial charge in [0.25, 0.3) is 0 Å². The number of carbonyl (C=O) groups is 2. The highest BCUT2D eigenvalue weighted by molar-refractivity contribution is 6.03. The third kappa shape index (κ3) is 2.78. The van der Waals surface area contributed by atoms with E-state index in [0.29, 0.717) is 23.7 Å². The summed E-state index contributed by atoms with van der Waals surface area (Å²) in [6.45, 7) is 1.95. The summed E-state index contributed by atoms with van der Waals surface area (Å²) in [5.74, 6) is -0.287. The molecule has 0 spiro atoms. The largest absolute Gasteiger partial charge is 0.477 e. The quantitative estimate of drug-likeness (QED) is 0.815. The van der Waals surface area contributed by atoms with Crippen LogP contribution in [0.4, 0.5) is 17.3 Å². The predicted molar refractivity (Wildman–Crippen MR) is 100 cm³/mol. The molecule has 0 radical (unpaired) electrons. The molecule has 0 bridgehead atoms. The molecule has 0 aromatic carbocycles. The zero-order valence-electron chi connectivity index (χ0n) is 15.6. The van der Waals surface area contributed by atoms with E-state index in [9.17, 15) is 14.9 Å². The monoisotopic (exact) mass is 380 g/mol. The molecule has 144 valence electrons. The van der Waals surface area contributed by atoms with Gasteiger partial charge in [-0.15, -0.1) is 0 Å². The maximum Gasteiger partial charge on any atom is 0.354 e. The molecule has 2 aliphatic rings. The van der Waals surface area contributed by atoms with E-state index in [1.165, 1.54) is 10.7 Å². The van der Waals surface area contributed by atoms with Crippen LogP contribution in [0.5, 0.6) is 0 Å². The van der Waals surface area contributed by atoms with Crippen molar-refractivity contribution >= 4 is 29.2 Å². The third-order valence-electron chi connectivity index (χ3n) is 5.51. The van der Waals surface area contributed by atoms with Crippen molar-refractivity contribution in [2.45, 2.75) is 32.2 Å². The number of hydrogen-bond acceptors (Lipinski definition) is 6. The molecule has 1 aliphatic carbocycles. The maximum absolute atomic E-state index is 13.1. The molecule has 1 saturated heterocycles. The first-order valence-electron chi connectivity index (χ1n) is 9.11. The van der Waals surface area contributed by atoms with Gasteiger partial charge in [-0.1, -0.05) is 0 Å². The number of aryl methyl sites for hydroxylation is 1. The number of nitriles is 1. The summed E-state index contributed by atoms with van der Waals surface area (Å²) in [5.41, 5.74) is -0.222. The van der Waals surface area contributed by atoms with Crippen LogP contribution in [0.25, 0.3) is 0 Å². The summed E-state index contributed by atoms with van der Waals surface area (Å²) in [7, 11) is 1.54. The van der Waals surface area contributed by atoms with Crippen LogP contribution < -0.4 is 10.2 Å². The van der Waals surface area contributed by atoms with Crippen molar-refractivity contribution in [3.05, 3.63) is 30.1 Å². The molecule has 0 unspecified atom stereocenters. The summed E-state index contributed by atoms with van der Waals surface area (Å²) in [6, 6.07) is 7.08. The summed E-state index contributed by atoms with van der Waals surface area (Å²) in [4.78, 5) is 30.2. The first-order chi connectivity index (χ1) is 13.4. The Balaban J connectivity index is 1.61. The van der Waals surface area contributed by atoms with Gasteiger partial charge in [-0.3, -0.25) is 9.48 Å². The van der Waals surface area contributed by atoms with Crippen LogP contribution in [-0.2, 0) is 11.8 Å². The van der Waals surface area contributed by atoms with Crippen molar-refractivity contribution in [2.75, 3.05) is 10.2 Å². The van der Waals surface area contributed by atoms with Gasteiger partial charge in [0.15, 0.2) is 5.82 Å². The van der Waals surface area contributed by atoms with Crippen LogP contribution in [0.1, 0.15) is 36.7 Å². The molecule has 4 rings (SSSR count). The molecule has 2 aromatic rings. The molecule has 1 saturated carbocycles. The molecular weight excluding hydrogens is 360 g/mol. The number of rotatable bonds is 5. The van der Waals surface area contributed by atoms with Gasteiger partial charge >= 0.3 is 5.97 Å². The lowest BCUT2D eigenvalue weighted by Gasteiger charge is -2.23. The molecule has 28 heavy (non-hydrogen) atoms. The van der Waals surface area contributed by atoms with Gasteiger partial charge in [0, 0.05) is 37.1 Å². The summed E-state index contributed by atoms with van der Waals surface area (Å²) < 4.78 is 1.26. The SMILES string of the molecule is C[C@@H]1C[C@@](C#N)(C2CC2)C(=O)N1c1ccnc(Nc2cc(C(=O)O)n(C)n2)c1. The van der Waals surface area contributed by atoms with E-state index in [1.807, 2.05) is 6.92 Å². The number of aromatic nitrogens is 3. The molecule has 1 aliphatic heterocycles. The minimum atomic E-state index is -1.07. The van der Waals surface area contributed by atoms with E-state index < -0.39 is 11.4 Å². The average Bonchev–Trinajstić information content (AvgIpc) is 3.38. The van der Waals surface area contributed by atoms with Gasteiger partial charge in [0.05, 0.1) is 6.07 Å². The van der Waals surface area contributed by atoms with Crippen molar-refractivity contribution in [1.29, 1.82) is 5.26 Å². The number of nitrogens with one attached hydrogen (secondary N) is 1. The Morgan fingerprint density at radius 2 is 2.14 bits per heavy atom. The molecular formula is C19H20N6O3. The van der Waals surface area contributed by atoms with Gasteiger partial charge in [0.1, 0.15) is 16.9 Å². The highest BCUT2D eigenvalue weighted by Crippen LogP contribution is 2.53. The van der Waals surface area contributed by atoms with Crippen LogP contribution >= 0.6 is 0 Å². The number of carboxylic acids is 1. The van der Waals surface area contributed by atoms with Crippen LogP contribution in [0.3, 0.4) is 0 Å². The van der Waals surface area contributed by atoms with E-state index in [-0.39, 0.29) is 23.6 Å². The highest BCUT2D eigenvalue weighted by Gasteiger charge is 2.59. The predicted octanol–water partition coefficient (Wildman–Crippen LogP) is 2.30. The summed E-state index contributed by atoms with van der Waals surface area (Å²) in [6.07, 6.45) is 3.95. The zero-order chi connectivity index (χ0) is 20.1. The second-order valence-corrected chi connectivity index (χ2v) is 7.45. The molecule has 2 N–H and O–H groups in total. The van der Waals surface area contributed by atoms with Crippen molar-refractivity contribution in [3.8, 4) is 6.07 Å². The lowest BCUT2D eigenvalue weighted by atomic mass is 9.81. The fraction of sp³-hybridized carbons (Fsp3) is 0.421. The van der Waals surface area contributed by atoms with Gasteiger partial charge in [-0.25, -0.2) is 9.78 Å². The molecule has 1 amide bonds. The standard InChI is InChI=1S/C19H20N6O3/c1-11-9-19(10-20,12-3-4-12)18(28)25(11)13-5-6-21-15(7-13)22-16-8-14(17(26)27)24(2)23-16/h5-8,11-12H,3-4,9H2,1-2H3,(H,26,27)(H,21,22,23)/t11-,19-/m1/s1. The van der Waals surface area contributed by atoms with Crippen molar-refractivity contribution in [3.63, 3.8) is 0 Å². The number of anilines is 3. The minimum absolute atomic E-state index is 0.0465. The number of hydrogen-bond donors (Lipinski definition) is 2. The number of amides is 1. The molecule has 2 fully saturated rings. The number of pyridine rings is 1. The lowest BCUT2D eigenvalue weighted by Crippen LogP contribution is -2.36. The Bertz CT molecular complexity index is 1010. The minimum Gasteiger partial charge on any atom is -0.477 e. The van der Waals surface area contributed by atoms with Crippen molar-refractivity contribution in [1.82, 2.24) is 14.8 Å². The van der Waals surface area contributed by atoms with Crippen LogP contribution in [-0.4, -0.2) is 37.8 Å². The summed E-state index contributed by atoms with van der Waals surface area (Å²) in [5, 5.41) is 25.9. The van der Waals surface area contributed by atoms with Gasteiger partial charge in [0.2, 0.25) is 5.91 Å². The normalized spacial score (nSPS) is 24.2. The Hall–Kier alpha value is -3.41. The second kappa shape index (κ2) is 6.34. The number of aromatic carboxylic acids is 1. The summed E-state index contributed by atoms with van der Waals surface area (Å²) >= 11 is 0. The smallest absolute Gasteiger partial charge is 0.354 e. The van der Waals surface area contributed by atoms with E-state index in [0.717, 1.165) is 12.8 Å². The average molecular weight is 380 g/mol. The van der Waals surface area contributed by atoms with Crippen LogP contribution in [0, 0.1) is 22.7 Å². The third-order valence-corrected chi connectivity index (χ3v) is 5.51. The maximum atomic E-state index is 13.1. The lowest BCUT2D eigenvalue weighted by molar-refractivity contribution is -0.123. The Morgan fingerprint density at radius 3 is 2.75 bits per heavy atom. The van der Waals surface area contributed by atoms with Crippen molar-refractivity contribution < 1.29 is 14.7 Å². The topological polar surface area (TPSA) is 124 Å². The number of nitrogens with zero attached hydrogens (tertiary/aromatic N) is 5. The van der Waals surface area contributed by atoms with Crippen LogP contribution in [0.15, 0.2) is 24.4 Å². The van der Waals surface area contributed by atoms with E-state index in [1.54, 1.807) is 30.3 Å². The molecule has 9 heteroatoms. The molecule has 3 heterocycles. The fourth-order valence-electron chi connectivity index (χ4n) is 4.03. The van der Waals surface area contributed by atoms with E-state index in [4.69, 9.17) is 5.11 Å². The number of carbonyl (C=O) groups excluding carboxylic acids is 1. The Labute approximate surface area is 161 Å². The van der Waals surface area contributed by atoms with Gasteiger partial charge in [-0.2, -0.15) is 10.4 Å². The van der Waals surface area contributed by atoms with E-state index in [2.05, 4.69) is 21.5 Å². The van der Waals surface area contributed by atoms with Crippen molar-refractivity contribution in [2.24, 2.45) is 18.4 Å². The molecule has 2 atom stereocenters. The Kier molecular flexibility index (Phi) is 4.07. The first kappa shape index (κ1) is 18.0.